The lowest BCUT2D eigenvalue weighted by atomic mass is 10.2. The monoisotopic (exact) mass is 329 g/mol. The number of nitrogens with two attached hydrogens (primary N) is 1. The number of anilines is 1. The van der Waals surface area contributed by atoms with Crippen LogP contribution in [0.5, 0.6) is 11.5 Å². The highest BCUT2D eigenvalue weighted by molar-refractivity contribution is 5.92. The predicted octanol–water partition coefficient (Wildman–Crippen LogP) is 2.17. The lowest BCUT2D eigenvalue weighted by Gasteiger charge is -2.12. The van der Waals surface area contributed by atoms with Crippen LogP contribution in [-0.2, 0) is 0 Å². The number of nitrogens with one attached hydrogen (secondary N) is 1. The molecule has 2 aromatic carbocycles. The summed E-state index contributed by atoms with van der Waals surface area (Å²) in [6.45, 7) is 2.28. The van der Waals surface area contributed by atoms with Crippen molar-refractivity contribution in [1.29, 1.82) is 0 Å². The molecule has 0 aliphatic heterocycles. The van der Waals surface area contributed by atoms with Crippen LogP contribution in [0.1, 0.15) is 5.56 Å². The van der Waals surface area contributed by atoms with Crippen LogP contribution in [0.2, 0.25) is 0 Å². The molecule has 0 spiro atoms. The van der Waals surface area contributed by atoms with Crippen molar-refractivity contribution in [2.75, 3.05) is 25.6 Å². The number of guanidine groups is 1. The van der Waals surface area contributed by atoms with E-state index in [-0.39, 0.29) is 19.1 Å². The maximum atomic E-state index is 9.94. The number of aliphatic imine (C=N–C) groups is 1. The number of hydrogen-bond donors (Lipinski definition) is 3. The van der Waals surface area contributed by atoms with Gasteiger partial charge in [-0.15, -0.1) is 0 Å². The summed E-state index contributed by atoms with van der Waals surface area (Å²) in [6.07, 6.45) is -0.740. The molecule has 0 saturated heterocycles. The van der Waals surface area contributed by atoms with E-state index in [1.165, 1.54) is 0 Å². The van der Waals surface area contributed by atoms with E-state index in [0.717, 1.165) is 22.7 Å². The van der Waals surface area contributed by atoms with Gasteiger partial charge in [0.05, 0.1) is 13.7 Å². The van der Waals surface area contributed by atoms with Crippen molar-refractivity contribution >= 4 is 11.6 Å². The van der Waals surface area contributed by atoms with E-state index in [2.05, 4.69) is 10.3 Å². The van der Waals surface area contributed by atoms with Crippen molar-refractivity contribution in [3.8, 4) is 11.5 Å². The maximum absolute atomic E-state index is 9.94. The standard InChI is InChI=1S/C18H23N3O3/c1-13-5-3-8-17(9-13)24-12-15(22)11-20-18(19)21-14-6-4-7-16(10-14)23-2/h3-10,15,22H,11-12H2,1-2H3,(H3,19,20,21). The average Bonchev–Trinajstić information content (AvgIpc) is 2.58. The molecule has 1 atom stereocenters. The normalized spacial score (nSPS) is 12.5. The molecule has 0 aliphatic rings. The predicted molar refractivity (Wildman–Crippen MR) is 95.8 cm³/mol. The van der Waals surface area contributed by atoms with Crippen molar-refractivity contribution in [2.45, 2.75) is 13.0 Å². The molecule has 0 saturated carbocycles. The molecule has 0 amide bonds. The second kappa shape index (κ2) is 8.79. The van der Waals surface area contributed by atoms with Gasteiger partial charge in [-0.1, -0.05) is 18.2 Å². The van der Waals surface area contributed by atoms with Crippen LogP contribution in [0.15, 0.2) is 53.5 Å². The van der Waals surface area contributed by atoms with Gasteiger partial charge in [-0.05, 0) is 36.8 Å². The number of methoxy groups -OCH3 is 1. The summed E-state index contributed by atoms with van der Waals surface area (Å²) in [7, 11) is 1.60. The fourth-order valence-electron chi connectivity index (χ4n) is 2.04. The lowest BCUT2D eigenvalue weighted by Crippen LogP contribution is -2.27. The Labute approximate surface area is 141 Å². The Hall–Kier alpha value is -2.73. The number of aliphatic hydroxyl groups excluding tert-OH is 1. The molecule has 1 unspecified atom stereocenters. The zero-order valence-electron chi connectivity index (χ0n) is 13.9. The van der Waals surface area contributed by atoms with Crippen molar-refractivity contribution in [1.82, 2.24) is 0 Å². The van der Waals surface area contributed by atoms with Crippen LogP contribution < -0.4 is 20.5 Å². The van der Waals surface area contributed by atoms with E-state index in [9.17, 15) is 5.11 Å². The van der Waals surface area contributed by atoms with E-state index >= 15 is 0 Å². The summed E-state index contributed by atoms with van der Waals surface area (Å²) < 4.78 is 10.7. The van der Waals surface area contributed by atoms with Crippen LogP contribution in [0.25, 0.3) is 0 Å². The van der Waals surface area contributed by atoms with Crippen molar-refractivity contribution in [3.63, 3.8) is 0 Å². The molecule has 0 fully saturated rings. The smallest absolute Gasteiger partial charge is 0.193 e. The van der Waals surface area contributed by atoms with Gasteiger partial charge in [0.15, 0.2) is 5.96 Å². The molecule has 6 nitrogen and oxygen atoms in total. The highest BCUT2D eigenvalue weighted by Crippen LogP contribution is 2.16. The van der Waals surface area contributed by atoms with Crippen LogP contribution in [-0.4, -0.2) is 37.4 Å². The van der Waals surface area contributed by atoms with Gasteiger partial charge in [-0.2, -0.15) is 0 Å². The summed E-state index contributed by atoms with van der Waals surface area (Å²) in [5, 5.41) is 12.9. The fraction of sp³-hybridized carbons (Fsp3) is 0.278. The Kier molecular flexibility index (Phi) is 6.45. The second-order valence-corrected chi connectivity index (χ2v) is 5.36. The molecule has 128 valence electrons. The van der Waals surface area contributed by atoms with Gasteiger partial charge in [0.2, 0.25) is 0 Å². The molecule has 0 heterocycles. The maximum Gasteiger partial charge on any atom is 0.193 e. The Balaban J connectivity index is 1.80. The van der Waals surface area contributed by atoms with Crippen LogP contribution in [0.3, 0.4) is 0 Å². The van der Waals surface area contributed by atoms with Gasteiger partial charge in [0.1, 0.15) is 24.2 Å². The first kappa shape index (κ1) is 17.6. The molecular formula is C18H23N3O3. The van der Waals surface area contributed by atoms with E-state index in [1.807, 2.05) is 49.4 Å². The Morgan fingerprint density at radius 3 is 2.71 bits per heavy atom. The topological polar surface area (TPSA) is 89.1 Å². The highest BCUT2D eigenvalue weighted by atomic mass is 16.5. The number of nitrogens with zero attached hydrogens (tertiary/aromatic N) is 1. The summed E-state index contributed by atoms with van der Waals surface area (Å²) in [5.74, 6) is 1.66. The Morgan fingerprint density at radius 2 is 1.96 bits per heavy atom. The zero-order chi connectivity index (χ0) is 17.4. The SMILES string of the molecule is COc1cccc(NC(N)=NCC(O)COc2cccc(C)c2)c1. The first-order valence-electron chi connectivity index (χ1n) is 7.65. The summed E-state index contributed by atoms with van der Waals surface area (Å²) in [5.41, 5.74) is 7.69. The highest BCUT2D eigenvalue weighted by Gasteiger charge is 2.05. The zero-order valence-corrected chi connectivity index (χ0v) is 13.9. The van der Waals surface area contributed by atoms with Crippen LogP contribution in [0.4, 0.5) is 5.69 Å². The number of rotatable bonds is 7. The third kappa shape index (κ3) is 5.81. The Bertz CT molecular complexity index is 689. The molecule has 4 N–H and O–H groups in total. The molecule has 0 bridgehead atoms. The largest absolute Gasteiger partial charge is 0.497 e. The van der Waals surface area contributed by atoms with Gasteiger partial charge < -0.3 is 25.6 Å². The molecule has 2 rings (SSSR count). The minimum absolute atomic E-state index is 0.147. The minimum Gasteiger partial charge on any atom is -0.497 e. The summed E-state index contributed by atoms with van der Waals surface area (Å²) in [4.78, 5) is 4.12. The van der Waals surface area contributed by atoms with E-state index in [4.69, 9.17) is 15.2 Å². The number of hydrogen-bond acceptors (Lipinski definition) is 4. The third-order valence-corrected chi connectivity index (χ3v) is 3.25. The van der Waals surface area contributed by atoms with Crippen molar-refractivity contribution in [3.05, 3.63) is 54.1 Å². The molecule has 0 aliphatic carbocycles. The quantitative estimate of drug-likeness (QED) is 0.535. The number of aliphatic hydroxyl groups is 1. The summed E-state index contributed by atoms with van der Waals surface area (Å²) >= 11 is 0. The molecule has 6 heteroatoms. The first-order chi connectivity index (χ1) is 11.6. The van der Waals surface area contributed by atoms with Gasteiger partial charge in [-0.3, -0.25) is 4.99 Å². The summed E-state index contributed by atoms with van der Waals surface area (Å²) in [6, 6.07) is 15.0. The fourth-order valence-corrected chi connectivity index (χ4v) is 2.04. The second-order valence-electron chi connectivity index (χ2n) is 5.36. The van der Waals surface area contributed by atoms with Crippen LogP contribution >= 0.6 is 0 Å². The number of ether oxygens (including phenoxy) is 2. The minimum atomic E-state index is -0.740. The van der Waals surface area contributed by atoms with Gasteiger partial charge >= 0.3 is 0 Å². The van der Waals surface area contributed by atoms with Crippen LogP contribution in [0, 0.1) is 6.92 Å². The number of benzene rings is 2. The van der Waals surface area contributed by atoms with E-state index in [0.29, 0.717) is 0 Å². The van der Waals surface area contributed by atoms with E-state index in [1.54, 1.807) is 13.2 Å². The van der Waals surface area contributed by atoms with Gasteiger partial charge in [0.25, 0.3) is 0 Å². The number of aryl methyl sites for hydroxylation is 1. The lowest BCUT2D eigenvalue weighted by molar-refractivity contribution is 0.114. The molecular weight excluding hydrogens is 306 g/mol. The molecule has 0 aromatic heterocycles. The van der Waals surface area contributed by atoms with E-state index < -0.39 is 6.10 Å². The van der Waals surface area contributed by atoms with Crippen molar-refractivity contribution in [2.24, 2.45) is 10.7 Å². The van der Waals surface area contributed by atoms with Crippen molar-refractivity contribution < 1.29 is 14.6 Å². The van der Waals surface area contributed by atoms with Gasteiger partial charge in [0, 0.05) is 11.8 Å². The average molecular weight is 329 g/mol. The van der Waals surface area contributed by atoms with Gasteiger partial charge in [-0.25, -0.2) is 0 Å². The molecule has 24 heavy (non-hydrogen) atoms. The molecule has 2 aromatic rings. The molecule has 0 radical (unpaired) electrons. The third-order valence-electron chi connectivity index (χ3n) is 3.25. The first-order valence-corrected chi connectivity index (χ1v) is 7.65. The Morgan fingerprint density at radius 1 is 1.21 bits per heavy atom.